The predicted molar refractivity (Wildman–Crippen MR) is 286 cm³/mol. The van der Waals surface area contributed by atoms with Gasteiger partial charge in [-0.3, -0.25) is 33.8 Å². The Morgan fingerprint density at radius 2 is 1.63 bits per heavy atom. The highest BCUT2D eigenvalue weighted by molar-refractivity contribution is 5.93. The number of amides is 6. The summed E-state index contributed by atoms with van der Waals surface area (Å²) >= 11 is 0. The zero-order valence-electron chi connectivity index (χ0n) is 46.1. The van der Waals surface area contributed by atoms with Crippen molar-refractivity contribution in [3.63, 3.8) is 0 Å². The summed E-state index contributed by atoms with van der Waals surface area (Å²) in [6.45, 7) is 10.4. The number of hydrogen-bond acceptors (Lipinski definition) is 13. The molecule has 428 valence electrons. The maximum absolute atomic E-state index is 14.1. The molecule has 22 heteroatoms. The van der Waals surface area contributed by atoms with Crippen LogP contribution in [0.2, 0.25) is 0 Å². The zero-order valence-corrected chi connectivity index (χ0v) is 46.1. The molecule has 78 heavy (non-hydrogen) atoms. The first-order chi connectivity index (χ1) is 37.3. The van der Waals surface area contributed by atoms with Crippen LogP contribution in [0.3, 0.4) is 0 Å². The quantitative estimate of drug-likeness (QED) is 0.0756. The molecule has 2 aliphatic carbocycles. The lowest BCUT2D eigenvalue weighted by Crippen LogP contribution is -2.59. The summed E-state index contributed by atoms with van der Waals surface area (Å²) in [4.78, 5) is 99.5. The lowest BCUT2D eigenvalue weighted by atomic mass is 9.82. The molecule has 2 saturated carbocycles. The van der Waals surface area contributed by atoms with Gasteiger partial charge >= 0.3 is 6.18 Å². The van der Waals surface area contributed by atoms with Crippen LogP contribution in [0.1, 0.15) is 128 Å². The predicted octanol–water partition coefficient (Wildman–Crippen LogP) is 5.64. The maximum atomic E-state index is 14.1. The number of hydrogen-bond donors (Lipinski definition) is 4. The van der Waals surface area contributed by atoms with Gasteiger partial charge < -0.3 is 50.3 Å². The lowest BCUT2D eigenvalue weighted by molar-refractivity contribution is -0.137. The molecule has 6 amide bonds. The molecule has 2 aromatic heterocycles. The summed E-state index contributed by atoms with van der Waals surface area (Å²) in [5.74, 6) is -0.805. The molecule has 2 saturated heterocycles. The van der Waals surface area contributed by atoms with Gasteiger partial charge in [0.15, 0.2) is 0 Å². The van der Waals surface area contributed by atoms with Gasteiger partial charge in [-0.2, -0.15) is 13.2 Å². The fraction of sp³-hybridized carbons (Fsp3) is 0.661. The highest BCUT2D eigenvalue weighted by atomic mass is 19.4. The van der Waals surface area contributed by atoms with Crippen LogP contribution in [0, 0.1) is 11.8 Å². The fourth-order valence-corrected chi connectivity index (χ4v) is 11.7. The van der Waals surface area contributed by atoms with Crippen molar-refractivity contribution < 1.29 is 51.4 Å². The van der Waals surface area contributed by atoms with Crippen molar-refractivity contribution in [3.8, 4) is 0 Å². The zero-order chi connectivity index (χ0) is 56.1. The molecule has 6 atom stereocenters. The number of benzene rings is 1. The first-order valence-electron chi connectivity index (χ1n) is 27.9. The summed E-state index contributed by atoms with van der Waals surface area (Å²) < 4.78 is 52.3. The third kappa shape index (κ3) is 15.9. The van der Waals surface area contributed by atoms with Crippen LogP contribution in [0.5, 0.6) is 0 Å². The molecule has 7 rings (SSSR count). The van der Waals surface area contributed by atoms with E-state index in [0.717, 1.165) is 24.1 Å². The molecule has 4 heterocycles. The van der Waals surface area contributed by atoms with Gasteiger partial charge in [-0.1, -0.05) is 6.07 Å². The Kier molecular flexibility index (Phi) is 21.2. The Morgan fingerprint density at radius 3 is 2.33 bits per heavy atom. The number of anilines is 1. The van der Waals surface area contributed by atoms with E-state index in [9.17, 15) is 41.9 Å². The van der Waals surface area contributed by atoms with Gasteiger partial charge in [0.1, 0.15) is 18.2 Å². The summed E-state index contributed by atoms with van der Waals surface area (Å²) in [6, 6.07) is 5.89. The van der Waals surface area contributed by atoms with Crippen LogP contribution in [0.4, 0.5) is 19.0 Å². The third-order valence-electron chi connectivity index (χ3n) is 16.2. The normalized spacial score (nSPS) is 23.8. The molecule has 19 nitrogen and oxygen atoms in total. The Hall–Kier alpha value is -6.00. The Bertz CT molecular complexity index is 2520. The van der Waals surface area contributed by atoms with Crippen molar-refractivity contribution in [2.45, 2.75) is 166 Å². The van der Waals surface area contributed by atoms with Crippen molar-refractivity contribution in [2.75, 3.05) is 65.5 Å². The minimum atomic E-state index is -4.55. The smallest absolute Gasteiger partial charge is 0.379 e. The molecule has 0 radical (unpaired) electrons. The molecule has 2 aliphatic heterocycles. The van der Waals surface area contributed by atoms with Crippen molar-refractivity contribution in [3.05, 3.63) is 60.2 Å². The molecule has 0 bridgehead atoms. The number of halogens is 3. The van der Waals surface area contributed by atoms with Crippen LogP contribution in [-0.2, 0) is 44.4 Å². The van der Waals surface area contributed by atoms with E-state index in [2.05, 4.69) is 62.0 Å². The Balaban J connectivity index is 0.770. The maximum Gasteiger partial charge on any atom is 0.416 e. The number of carbonyl (C=O) groups excluding carboxylic acids is 6. The van der Waals surface area contributed by atoms with Gasteiger partial charge in [0.25, 0.3) is 0 Å². The molecule has 3 aromatic rings. The summed E-state index contributed by atoms with van der Waals surface area (Å²) in [6.07, 6.45) is 6.64. The van der Waals surface area contributed by atoms with Crippen LogP contribution in [0.25, 0.3) is 10.9 Å². The Morgan fingerprint density at radius 1 is 0.872 bits per heavy atom. The lowest BCUT2D eigenvalue weighted by Gasteiger charge is -2.45. The Labute approximate surface area is 455 Å². The van der Waals surface area contributed by atoms with Crippen molar-refractivity contribution in [2.24, 2.45) is 11.8 Å². The number of alkyl halides is 3. The molecule has 0 spiro atoms. The first-order valence-corrected chi connectivity index (χ1v) is 27.9. The van der Waals surface area contributed by atoms with Gasteiger partial charge in [0, 0.05) is 106 Å². The number of aromatic nitrogens is 3. The van der Waals surface area contributed by atoms with E-state index >= 15 is 0 Å². The van der Waals surface area contributed by atoms with Crippen molar-refractivity contribution >= 4 is 52.2 Å². The van der Waals surface area contributed by atoms with E-state index in [1.54, 1.807) is 29.2 Å². The second kappa shape index (κ2) is 27.7. The minimum absolute atomic E-state index is 0.00368. The van der Waals surface area contributed by atoms with E-state index in [1.807, 2.05) is 30.9 Å². The monoisotopic (exact) mass is 1090 g/mol. The molecule has 1 aromatic carbocycles. The number of pyridine rings is 1. The minimum Gasteiger partial charge on any atom is -0.379 e. The average molecular weight is 1090 g/mol. The van der Waals surface area contributed by atoms with E-state index in [1.165, 1.54) is 12.4 Å². The van der Waals surface area contributed by atoms with Crippen LogP contribution < -0.4 is 21.3 Å². The second-order valence-corrected chi connectivity index (χ2v) is 22.0. The van der Waals surface area contributed by atoms with E-state index in [0.29, 0.717) is 96.2 Å². The van der Waals surface area contributed by atoms with Crippen molar-refractivity contribution in [1.82, 2.24) is 50.5 Å². The number of nitrogens with one attached hydrogen (secondary N) is 4. The van der Waals surface area contributed by atoms with E-state index < -0.39 is 17.8 Å². The fourth-order valence-electron chi connectivity index (χ4n) is 11.7. The highest BCUT2D eigenvalue weighted by Gasteiger charge is 2.45. The van der Waals surface area contributed by atoms with E-state index in [-0.39, 0.29) is 133 Å². The van der Waals surface area contributed by atoms with Crippen LogP contribution in [-0.4, -0.2) is 172 Å². The molecular formula is C56H80F3N11O8. The number of rotatable bonds is 25. The number of carbonyl (C=O) groups is 6. The first kappa shape index (κ1) is 59.7. The second-order valence-electron chi connectivity index (χ2n) is 22.0. The number of fused-ring (bicyclic) bond motifs is 1. The van der Waals surface area contributed by atoms with Gasteiger partial charge in [0.2, 0.25) is 35.4 Å². The van der Waals surface area contributed by atoms with E-state index in [4.69, 9.17) is 9.47 Å². The number of likely N-dealkylation sites (tertiary alicyclic amines) is 2. The number of ether oxygens (including phenoxy) is 2. The summed E-state index contributed by atoms with van der Waals surface area (Å²) in [5.41, 5.74) is 0.400. The SMILES string of the molecule is CC(C)N(CCOCCOCCC(=O)N[C@H]1CC[C@@H](C(=O)N[C@@H]2C[C@H](N(C)C(C)C)CC[C@@H]2N2CC[C@H](Nc3ncnc4ccc(C(F)(F)F)cc34)C2=O)CC1)C(=O)CCCNC(=O)C[C@H]1CC(=O)N(C)[C@@H]1c1cccnc1. The number of nitrogens with zero attached hydrogens (tertiary/aromatic N) is 7. The largest absolute Gasteiger partial charge is 0.416 e. The molecular weight excluding hydrogens is 1010 g/mol. The average Bonchev–Trinajstić information content (AvgIpc) is 3.97. The third-order valence-corrected chi connectivity index (χ3v) is 16.2. The van der Waals surface area contributed by atoms with Gasteiger partial charge in [-0.05, 0) is 122 Å². The van der Waals surface area contributed by atoms with Crippen molar-refractivity contribution in [1.29, 1.82) is 0 Å². The van der Waals surface area contributed by atoms with Gasteiger partial charge in [-0.25, -0.2) is 9.97 Å². The summed E-state index contributed by atoms with van der Waals surface area (Å²) in [7, 11) is 3.83. The standard InChI is InChI=1S/C56H80F3N11O8/c1-35(2)67(5)42-16-18-47(70-23-19-45(55(70)76)65-53-43-31-40(56(57,58)59)13-17-44(43)62-34-63-53)46(32-42)66-54(75)37-11-14-41(15-12-37)64-48(71)20-25-77-27-28-78-26-24-69(36(3)4)50(73)10-8-22-61-49(72)29-39-30-51(74)68(6)52(39)38-9-7-21-60-33-38/h7,9,13,17,21,31,33-37,39,41-42,45-47,52H,8,10-12,14-16,18-20,22-30,32H2,1-6H3,(H,61,72)(H,64,71)(H,66,75)(H,62,63,65)/t37-,39-,41+,42+,45-,46+,47-,52+/m0/s1. The molecule has 4 aliphatic rings. The van der Waals surface area contributed by atoms with Gasteiger partial charge in [0.05, 0.1) is 55.6 Å². The summed E-state index contributed by atoms with van der Waals surface area (Å²) in [5, 5.41) is 12.7. The van der Waals surface area contributed by atoms with Crippen LogP contribution >= 0.6 is 0 Å². The van der Waals surface area contributed by atoms with Crippen LogP contribution in [0.15, 0.2) is 49.1 Å². The molecule has 4 N–H and O–H groups in total. The topological polar surface area (TPSA) is 221 Å². The van der Waals surface area contributed by atoms with Gasteiger partial charge in [-0.15, -0.1) is 0 Å². The highest BCUT2D eigenvalue weighted by Crippen LogP contribution is 2.39. The molecule has 4 fully saturated rings. The molecule has 0 unspecified atom stereocenters.